The van der Waals surface area contributed by atoms with Gasteiger partial charge in [0.1, 0.15) is 0 Å². The SMILES string of the molecule is C[Si](Cl)(Cl)CCCc1cc[cH-]c1. The molecule has 0 heterocycles. The fourth-order valence-electron chi connectivity index (χ4n) is 1.18. The van der Waals surface area contributed by atoms with Gasteiger partial charge in [-0.05, 0) is 12.6 Å². The van der Waals surface area contributed by atoms with Crippen molar-refractivity contribution in [1.82, 2.24) is 0 Å². The fourth-order valence-corrected chi connectivity index (χ4v) is 2.78. The Hall–Kier alpha value is 0.147. The third-order valence-corrected chi connectivity index (χ3v) is 4.18. The van der Waals surface area contributed by atoms with Crippen molar-refractivity contribution in [3.05, 3.63) is 29.8 Å². The molecular formula is C9H13Cl2Si-. The van der Waals surface area contributed by atoms with Gasteiger partial charge < -0.3 is 0 Å². The Kier molecular flexibility index (Phi) is 3.75. The van der Waals surface area contributed by atoms with Crippen LogP contribution in [0.3, 0.4) is 0 Å². The summed E-state index contributed by atoms with van der Waals surface area (Å²) in [6.07, 6.45) is 2.22. The van der Waals surface area contributed by atoms with Crippen molar-refractivity contribution in [2.75, 3.05) is 0 Å². The molecular weight excluding hydrogens is 207 g/mol. The quantitative estimate of drug-likeness (QED) is 0.410. The number of rotatable bonds is 4. The lowest BCUT2D eigenvalue weighted by atomic mass is 10.2. The largest absolute Gasteiger partial charge is 0.248 e. The second-order valence-corrected chi connectivity index (χ2v) is 11.4. The highest BCUT2D eigenvalue weighted by Gasteiger charge is 2.18. The van der Waals surface area contributed by atoms with E-state index in [9.17, 15) is 0 Å². The monoisotopic (exact) mass is 219 g/mol. The summed E-state index contributed by atoms with van der Waals surface area (Å²) in [6.45, 7) is 0.127. The van der Waals surface area contributed by atoms with Crippen molar-refractivity contribution in [1.29, 1.82) is 0 Å². The van der Waals surface area contributed by atoms with Crippen LogP contribution < -0.4 is 0 Å². The van der Waals surface area contributed by atoms with E-state index >= 15 is 0 Å². The van der Waals surface area contributed by atoms with E-state index in [-0.39, 0.29) is 0 Å². The Balaban J connectivity index is 2.20. The standard InChI is InChI=1S/C9H13Cl2Si/c1-12(10,11)8-4-7-9-5-2-3-6-9/h2-3,5-6H,4,7-8H2,1H3/q-1. The maximum absolute atomic E-state index is 5.98. The van der Waals surface area contributed by atoms with E-state index in [0.29, 0.717) is 0 Å². The van der Waals surface area contributed by atoms with Crippen LogP contribution in [0, 0.1) is 0 Å². The van der Waals surface area contributed by atoms with Crippen molar-refractivity contribution in [2.24, 2.45) is 0 Å². The van der Waals surface area contributed by atoms with Crippen molar-refractivity contribution >= 4 is 28.9 Å². The number of aryl methyl sites for hydroxylation is 1. The van der Waals surface area contributed by atoms with Crippen LogP contribution in [0.1, 0.15) is 12.0 Å². The number of halogens is 2. The van der Waals surface area contributed by atoms with E-state index in [2.05, 4.69) is 24.3 Å². The molecule has 0 N–H and O–H groups in total. The lowest BCUT2D eigenvalue weighted by Gasteiger charge is -2.10. The first-order chi connectivity index (χ1) is 5.58. The molecule has 0 saturated heterocycles. The minimum absolute atomic E-state index is 0.987. The molecule has 0 fully saturated rings. The second-order valence-electron chi connectivity index (χ2n) is 3.22. The number of hydrogen-bond donors (Lipinski definition) is 0. The maximum atomic E-state index is 5.98. The van der Waals surface area contributed by atoms with Crippen LogP contribution in [-0.4, -0.2) is 6.69 Å². The van der Waals surface area contributed by atoms with Gasteiger partial charge in [-0.15, -0.1) is 22.2 Å². The van der Waals surface area contributed by atoms with E-state index in [0.717, 1.165) is 18.9 Å². The first-order valence-corrected chi connectivity index (χ1v) is 8.89. The zero-order valence-corrected chi connectivity index (χ0v) is 9.70. The lowest BCUT2D eigenvalue weighted by molar-refractivity contribution is 0.915. The predicted molar refractivity (Wildman–Crippen MR) is 58.5 cm³/mol. The van der Waals surface area contributed by atoms with E-state index < -0.39 is 6.69 Å². The summed E-state index contributed by atoms with van der Waals surface area (Å²) in [7, 11) is 0. The van der Waals surface area contributed by atoms with Gasteiger partial charge in [0.25, 0.3) is 0 Å². The summed E-state index contributed by atoms with van der Waals surface area (Å²) in [5.41, 5.74) is 1.39. The van der Waals surface area contributed by atoms with E-state index in [1.807, 2.05) is 6.55 Å². The molecule has 0 bridgehead atoms. The fraction of sp³-hybridized carbons (Fsp3) is 0.444. The van der Waals surface area contributed by atoms with Crippen molar-refractivity contribution in [2.45, 2.75) is 25.4 Å². The summed E-state index contributed by atoms with van der Waals surface area (Å²) in [6, 6.07) is 9.39. The maximum Gasteiger partial charge on any atom is 0.248 e. The molecule has 12 heavy (non-hydrogen) atoms. The van der Waals surface area contributed by atoms with Gasteiger partial charge in [0.05, 0.1) is 0 Å². The van der Waals surface area contributed by atoms with Crippen molar-refractivity contribution in [3.8, 4) is 0 Å². The molecule has 1 rings (SSSR count). The molecule has 0 aliphatic carbocycles. The molecule has 0 amide bonds. The van der Waals surface area contributed by atoms with Crippen LogP contribution in [-0.2, 0) is 6.42 Å². The molecule has 0 radical (unpaired) electrons. The van der Waals surface area contributed by atoms with Crippen LogP contribution in [0.5, 0.6) is 0 Å². The molecule has 1 aromatic rings. The molecule has 0 aromatic heterocycles. The molecule has 0 unspecified atom stereocenters. The first kappa shape index (κ1) is 10.2. The van der Waals surface area contributed by atoms with Crippen LogP contribution >= 0.6 is 22.2 Å². The van der Waals surface area contributed by atoms with Crippen LogP contribution in [0.15, 0.2) is 24.3 Å². The molecule has 0 saturated carbocycles. The average Bonchev–Trinajstić information content (AvgIpc) is 2.36. The summed E-state index contributed by atoms with van der Waals surface area (Å²) >= 11 is 12.0. The highest BCUT2D eigenvalue weighted by Crippen LogP contribution is 2.22. The Bertz CT molecular complexity index is 211. The van der Waals surface area contributed by atoms with Crippen molar-refractivity contribution in [3.63, 3.8) is 0 Å². The van der Waals surface area contributed by atoms with Gasteiger partial charge in [0.2, 0.25) is 6.69 Å². The molecule has 3 heteroatoms. The van der Waals surface area contributed by atoms with Gasteiger partial charge in [-0.25, -0.2) is 6.07 Å². The average molecular weight is 220 g/mol. The van der Waals surface area contributed by atoms with Crippen LogP contribution in [0.2, 0.25) is 12.6 Å². The zero-order valence-electron chi connectivity index (χ0n) is 7.19. The number of hydrogen-bond acceptors (Lipinski definition) is 0. The Morgan fingerprint density at radius 3 is 2.75 bits per heavy atom. The smallest absolute Gasteiger partial charge is 0.211 e. The zero-order chi connectivity index (χ0) is 9.03. The Labute approximate surface area is 84.3 Å². The normalized spacial score (nSPS) is 11.9. The summed E-state index contributed by atoms with van der Waals surface area (Å²) in [5, 5.41) is 0. The van der Waals surface area contributed by atoms with Crippen LogP contribution in [0.4, 0.5) is 0 Å². The van der Waals surface area contributed by atoms with E-state index in [1.54, 1.807) is 0 Å². The molecule has 0 nitrogen and oxygen atoms in total. The van der Waals surface area contributed by atoms with Crippen LogP contribution in [0.25, 0.3) is 0 Å². The molecule has 0 aliphatic heterocycles. The third kappa shape index (κ3) is 4.24. The lowest BCUT2D eigenvalue weighted by Crippen LogP contribution is -2.11. The minimum Gasteiger partial charge on any atom is -0.211 e. The Morgan fingerprint density at radius 1 is 1.50 bits per heavy atom. The summed E-state index contributed by atoms with van der Waals surface area (Å²) in [5.74, 6) is 0. The first-order valence-electron chi connectivity index (χ1n) is 4.16. The topological polar surface area (TPSA) is 0 Å². The van der Waals surface area contributed by atoms with Gasteiger partial charge in [0, 0.05) is 0 Å². The molecule has 1 aromatic carbocycles. The van der Waals surface area contributed by atoms with Gasteiger partial charge >= 0.3 is 0 Å². The summed E-state index contributed by atoms with van der Waals surface area (Å²) < 4.78 is 0. The Morgan fingerprint density at radius 2 is 2.25 bits per heavy atom. The highest BCUT2D eigenvalue weighted by atomic mass is 35.7. The highest BCUT2D eigenvalue weighted by molar-refractivity contribution is 7.44. The predicted octanol–water partition coefficient (Wildman–Crippen LogP) is 3.89. The molecule has 0 aliphatic rings. The van der Waals surface area contributed by atoms with Gasteiger partial charge in [-0.3, -0.25) is 0 Å². The van der Waals surface area contributed by atoms with E-state index in [1.165, 1.54) is 5.56 Å². The summed E-state index contributed by atoms with van der Waals surface area (Å²) in [4.78, 5) is 0. The van der Waals surface area contributed by atoms with E-state index in [4.69, 9.17) is 22.2 Å². The molecule has 0 spiro atoms. The second kappa shape index (κ2) is 4.40. The minimum atomic E-state index is -1.85. The van der Waals surface area contributed by atoms with Gasteiger partial charge in [-0.2, -0.15) is 23.8 Å². The van der Waals surface area contributed by atoms with Gasteiger partial charge in [-0.1, -0.05) is 12.8 Å². The van der Waals surface area contributed by atoms with Crippen molar-refractivity contribution < 1.29 is 0 Å². The van der Waals surface area contributed by atoms with Gasteiger partial charge in [0.15, 0.2) is 0 Å². The molecule has 0 atom stereocenters. The molecule has 68 valence electrons. The third-order valence-electron chi connectivity index (χ3n) is 1.81.